The molecular weight excluding hydrogens is 536 g/mol. The average molecular weight is 571 g/mol. The van der Waals surface area contributed by atoms with Crippen LogP contribution in [-0.2, 0) is 0 Å². The first-order valence-corrected chi connectivity index (χ1v) is 15.5. The summed E-state index contributed by atoms with van der Waals surface area (Å²) in [4.78, 5) is 5.33. The lowest BCUT2D eigenvalue weighted by Gasteiger charge is -2.24. The lowest BCUT2D eigenvalue weighted by Crippen LogP contribution is -2.09. The molecule has 0 aliphatic heterocycles. The van der Waals surface area contributed by atoms with Crippen LogP contribution in [0.25, 0.3) is 71.9 Å². The molecule has 3 nitrogen and oxygen atoms in total. The molecular formula is C41H34N2O. The van der Waals surface area contributed by atoms with Gasteiger partial charge in [0.25, 0.3) is 0 Å². The fourth-order valence-electron chi connectivity index (χ4n) is 6.79. The number of nitrogens with zero attached hydrogens (tertiary/aromatic N) is 2. The molecule has 0 aliphatic rings. The van der Waals surface area contributed by atoms with E-state index >= 15 is 0 Å². The fraction of sp³-hybridized carbons (Fsp3) is 0.146. The van der Waals surface area contributed by atoms with Crippen LogP contribution in [0.3, 0.4) is 0 Å². The smallest absolute Gasteiger partial charge is 0.149 e. The molecule has 0 atom stereocenters. The number of furan rings is 1. The molecule has 44 heavy (non-hydrogen) atoms. The van der Waals surface area contributed by atoms with Crippen molar-refractivity contribution in [2.75, 3.05) is 0 Å². The van der Waals surface area contributed by atoms with Gasteiger partial charge in [-0.15, -0.1) is 0 Å². The van der Waals surface area contributed by atoms with E-state index in [4.69, 9.17) is 9.40 Å². The average Bonchev–Trinajstić information content (AvgIpc) is 3.63. The standard InChI is InChI=1S/C41H34N2O/c1-25(2)33-23-29(27-13-6-5-7-14-27)24-34(26(3)4)39(33)43-36-20-11-10-19-35(36)42-41(43)32-18-12-17-31-38-30-16-9-8-15-28(30)21-22-37(38)44-40(31)32/h5-26H,1-4H3. The van der Waals surface area contributed by atoms with Gasteiger partial charge in [0.1, 0.15) is 17.0 Å². The Morgan fingerprint density at radius 2 is 1.30 bits per heavy atom. The van der Waals surface area contributed by atoms with Crippen LogP contribution in [0.1, 0.15) is 50.7 Å². The molecule has 0 saturated heterocycles. The van der Waals surface area contributed by atoms with Gasteiger partial charge in [-0.05, 0) is 81.3 Å². The highest BCUT2D eigenvalue weighted by molar-refractivity contribution is 6.20. The quantitative estimate of drug-likeness (QED) is 0.206. The SMILES string of the molecule is CC(C)c1cc(-c2ccccc2)cc(C(C)C)c1-n1c(-c2cccc3c2oc2ccc4ccccc4c23)nc2ccccc21. The van der Waals surface area contributed by atoms with Gasteiger partial charge >= 0.3 is 0 Å². The van der Waals surface area contributed by atoms with E-state index < -0.39 is 0 Å². The fourth-order valence-corrected chi connectivity index (χ4v) is 6.79. The van der Waals surface area contributed by atoms with Gasteiger partial charge in [-0.25, -0.2) is 4.98 Å². The van der Waals surface area contributed by atoms with Crippen molar-refractivity contribution < 1.29 is 4.42 Å². The summed E-state index contributed by atoms with van der Waals surface area (Å²) < 4.78 is 9.11. The van der Waals surface area contributed by atoms with Gasteiger partial charge in [-0.1, -0.05) is 113 Å². The van der Waals surface area contributed by atoms with Gasteiger partial charge in [0.05, 0.1) is 22.3 Å². The van der Waals surface area contributed by atoms with Gasteiger partial charge in [-0.2, -0.15) is 0 Å². The normalized spacial score (nSPS) is 12.0. The molecule has 0 radical (unpaired) electrons. The van der Waals surface area contributed by atoms with Crippen LogP contribution in [0.5, 0.6) is 0 Å². The summed E-state index contributed by atoms with van der Waals surface area (Å²) in [6.07, 6.45) is 0. The predicted molar refractivity (Wildman–Crippen MR) is 185 cm³/mol. The third kappa shape index (κ3) is 4.07. The van der Waals surface area contributed by atoms with Crippen LogP contribution in [0.15, 0.2) is 126 Å². The van der Waals surface area contributed by atoms with Crippen molar-refractivity contribution in [3.8, 4) is 28.2 Å². The van der Waals surface area contributed by atoms with Crippen LogP contribution in [-0.4, -0.2) is 9.55 Å². The number of hydrogen-bond acceptors (Lipinski definition) is 2. The molecule has 2 heterocycles. The van der Waals surface area contributed by atoms with Crippen molar-refractivity contribution in [2.24, 2.45) is 0 Å². The minimum Gasteiger partial charge on any atom is -0.455 e. The van der Waals surface area contributed by atoms with Crippen molar-refractivity contribution in [2.45, 2.75) is 39.5 Å². The molecule has 3 heteroatoms. The zero-order valence-corrected chi connectivity index (χ0v) is 25.5. The number of para-hydroxylation sites is 3. The van der Waals surface area contributed by atoms with Gasteiger partial charge in [0.15, 0.2) is 0 Å². The number of benzene rings is 6. The van der Waals surface area contributed by atoms with E-state index in [1.165, 1.54) is 38.7 Å². The maximum Gasteiger partial charge on any atom is 0.149 e. The third-order valence-electron chi connectivity index (χ3n) is 8.93. The van der Waals surface area contributed by atoms with Crippen molar-refractivity contribution >= 4 is 43.7 Å². The Hall–Kier alpha value is -5.15. The summed E-state index contributed by atoms with van der Waals surface area (Å²) in [5, 5.41) is 4.68. The lowest BCUT2D eigenvalue weighted by molar-refractivity contribution is 0.669. The molecule has 2 aromatic heterocycles. The highest BCUT2D eigenvalue weighted by Gasteiger charge is 2.25. The maximum atomic E-state index is 6.71. The van der Waals surface area contributed by atoms with Crippen LogP contribution < -0.4 is 0 Å². The summed E-state index contributed by atoms with van der Waals surface area (Å²) in [5.41, 5.74) is 11.1. The molecule has 0 amide bonds. The summed E-state index contributed by atoms with van der Waals surface area (Å²) in [6, 6.07) is 43.2. The highest BCUT2D eigenvalue weighted by atomic mass is 16.3. The highest BCUT2D eigenvalue weighted by Crippen LogP contribution is 2.43. The first-order chi connectivity index (χ1) is 21.5. The van der Waals surface area contributed by atoms with E-state index in [1.807, 2.05) is 0 Å². The largest absolute Gasteiger partial charge is 0.455 e. The van der Waals surface area contributed by atoms with E-state index in [0.717, 1.165) is 44.4 Å². The van der Waals surface area contributed by atoms with E-state index in [9.17, 15) is 0 Å². The molecule has 0 unspecified atom stereocenters. The molecule has 8 aromatic rings. The Morgan fingerprint density at radius 1 is 0.614 bits per heavy atom. The van der Waals surface area contributed by atoms with Crippen molar-refractivity contribution in [1.29, 1.82) is 0 Å². The Bertz CT molecular complexity index is 2310. The Kier molecular flexibility index (Phi) is 6.16. The third-order valence-corrected chi connectivity index (χ3v) is 8.93. The lowest BCUT2D eigenvalue weighted by atomic mass is 9.88. The Morgan fingerprint density at radius 3 is 2.07 bits per heavy atom. The summed E-state index contributed by atoms with van der Waals surface area (Å²) in [7, 11) is 0. The summed E-state index contributed by atoms with van der Waals surface area (Å²) >= 11 is 0. The second-order valence-electron chi connectivity index (χ2n) is 12.4. The minimum atomic E-state index is 0.300. The van der Waals surface area contributed by atoms with Crippen molar-refractivity contribution in [1.82, 2.24) is 9.55 Å². The van der Waals surface area contributed by atoms with Crippen LogP contribution >= 0.6 is 0 Å². The molecule has 0 aliphatic carbocycles. The predicted octanol–water partition coefficient (Wildman–Crippen LogP) is 11.7. The number of fused-ring (bicyclic) bond motifs is 6. The number of aromatic nitrogens is 2. The summed E-state index contributed by atoms with van der Waals surface area (Å²) in [5.74, 6) is 1.50. The monoisotopic (exact) mass is 570 g/mol. The number of imidazole rings is 1. The van der Waals surface area contributed by atoms with Crippen LogP contribution in [0.2, 0.25) is 0 Å². The first kappa shape index (κ1) is 26.5. The zero-order valence-electron chi connectivity index (χ0n) is 25.5. The van der Waals surface area contributed by atoms with E-state index in [-0.39, 0.29) is 0 Å². The first-order valence-electron chi connectivity index (χ1n) is 15.5. The van der Waals surface area contributed by atoms with Crippen molar-refractivity contribution in [3.63, 3.8) is 0 Å². The topological polar surface area (TPSA) is 31.0 Å². The van der Waals surface area contributed by atoms with Crippen molar-refractivity contribution in [3.05, 3.63) is 132 Å². The number of hydrogen-bond donors (Lipinski definition) is 0. The van der Waals surface area contributed by atoms with E-state index in [0.29, 0.717) is 11.8 Å². The van der Waals surface area contributed by atoms with Crippen LogP contribution in [0, 0.1) is 0 Å². The molecule has 0 N–H and O–H groups in total. The molecule has 8 rings (SSSR count). The molecule has 214 valence electrons. The molecule has 0 fully saturated rings. The maximum absolute atomic E-state index is 6.71. The molecule has 0 spiro atoms. The van der Waals surface area contributed by atoms with Gasteiger partial charge in [-0.3, -0.25) is 4.57 Å². The second-order valence-corrected chi connectivity index (χ2v) is 12.4. The van der Waals surface area contributed by atoms with Gasteiger partial charge in [0.2, 0.25) is 0 Å². The minimum absolute atomic E-state index is 0.300. The van der Waals surface area contributed by atoms with Gasteiger partial charge < -0.3 is 4.42 Å². The molecule has 0 saturated carbocycles. The molecule has 6 aromatic carbocycles. The second kappa shape index (κ2) is 10.2. The number of rotatable bonds is 5. The Labute approximate surface area is 257 Å². The van der Waals surface area contributed by atoms with Crippen LogP contribution in [0.4, 0.5) is 0 Å². The zero-order chi connectivity index (χ0) is 29.9. The van der Waals surface area contributed by atoms with E-state index in [2.05, 4.69) is 154 Å². The molecule has 0 bridgehead atoms. The summed E-state index contributed by atoms with van der Waals surface area (Å²) in [6.45, 7) is 9.17. The Balaban J connectivity index is 1.48. The van der Waals surface area contributed by atoms with E-state index in [1.54, 1.807) is 0 Å². The van der Waals surface area contributed by atoms with Gasteiger partial charge in [0, 0.05) is 10.8 Å².